The Labute approximate surface area is 127 Å². The first-order chi connectivity index (χ1) is 9.61. The Bertz CT molecular complexity index is 481. The van der Waals surface area contributed by atoms with Gasteiger partial charge in [-0.15, -0.1) is 0 Å². The van der Waals surface area contributed by atoms with Gasteiger partial charge in [-0.05, 0) is 41.3 Å². The molecule has 1 saturated heterocycles. The number of pyridine rings is 1. The minimum Gasteiger partial charge on any atom is -0.391 e. The molecule has 2 heterocycles. The summed E-state index contributed by atoms with van der Waals surface area (Å²) in [6, 6.07) is 1.79. The van der Waals surface area contributed by atoms with E-state index < -0.39 is 6.10 Å². The summed E-state index contributed by atoms with van der Waals surface area (Å²) >= 11 is 3.36. The Hall–Kier alpha value is -1.14. The Morgan fingerprint density at radius 1 is 1.65 bits per heavy atom. The van der Waals surface area contributed by atoms with Gasteiger partial charge in [0.1, 0.15) is 5.82 Å². The van der Waals surface area contributed by atoms with Crippen LogP contribution < -0.4 is 5.32 Å². The van der Waals surface area contributed by atoms with Gasteiger partial charge in [-0.25, -0.2) is 4.98 Å². The molecule has 0 aliphatic carbocycles. The smallest absolute Gasteiger partial charge is 0.257 e. The SMILES string of the molecule is CCCNc1ncc(Br)cc1C(=O)N1CCCC(O)C1. The van der Waals surface area contributed by atoms with Crippen LogP contribution in [0.2, 0.25) is 0 Å². The van der Waals surface area contributed by atoms with E-state index in [1.165, 1.54) is 0 Å². The number of amides is 1. The minimum absolute atomic E-state index is 0.0730. The molecule has 1 unspecified atom stereocenters. The molecule has 0 aromatic carbocycles. The van der Waals surface area contributed by atoms with Crippen molar-refractivity contribution in [1.29, 1.82) is 0 Å². The maximum Gasteiger partial charge on any atom is 0.257 e. The second-order valence-electron chi connectivity index (χ2n) is 5.02. The molecule has 1 aromatic rings. The van der Waals surface area contributed by atoms with Gasteiger partial charge in [0.15, 0.2) is 0 Å². The van der Waals surface area contributed by atoms with E-state index in [2.05, 4.69) is 33.2 Å². The minimum atomic E-state index is -0.417. The first kappa shape index (κ1) is 15.3. The topological polar surface area (TPSA) is 65.5 Å². The summed E-state index contributed by atoms with van der Waals surface area (Å²) in [6.07, 6.45) is 3.83. The molecular formula is C14H20BrN3O2. The van der Waals surface area contributed by atoms with Gasteiger partial charge in [-0.1, -0.05) is 6.92 Å². The highest BCUT2D eigenvalue weighted by Crippen LogP contribution is 2.22. The number of rotatable bonds is 4. The van der Waals surface area contributed by atoms with Crippen LogP contribution in [-0.4, -0.2) is 46.6 Å². The number of halogens is 1. The van der Waals surface area contributed by atoms with Gasteiger partial charge in [-0.3, -0.25) is 4.79 Å². The highest BCUT2D eigenvalue weighted by molar-refractivity contribution is 9.10. The Morgan fingerprint density at radius 2 is 2.45 bits per heavy atom. The first-order valence-corrected chi connectivity index (χ1v) is 7.78. The van der Waals surface area contributed by atoms with Gasteiger partial charge >= 0.3 is 0 Å². The van der Waals surface area contributed by atoms with Gasteiger partial charge < -0.3 is 15.3 Å². The predicted octanol–water partition coefficient (Wildman–Crippen LogP) is 2.26. The molecule has 1 atom stereocenters. The number of aliphatic hydroxyl groups excluding tert-OH is 1. The molecule has 1 aliphatic rings. The van der Waals surface area contributed by atoms with Gasteiger partial charge in [-0.2, -0.15) is 0 Å². The molecule has 2 rings (SSSR count). The Kier molecular flexibility index (Phi) is 5.37. The fraction of sp³-hybridized carbons (Fsp3) is 0.571. The second-order valence-corrected chi connectivity index (χ2v) is 5.94. The summed E-state index contributed by atoms with van der Waals surface area (Å²) in [4.78, 5) is 18.6. The van der Waals surface area contributed by atoms with Crippen molar-refractivity contribution in [2.24, 2.45) is 0 Å². The summed E-state index contributed by atoms with van der Waals surface area (Å²) < 4.78 is 0.778. The van der Waals surface area contributed by atoms with E-state index in [4.69, 9.17) is 0 Å². The van der Waals surface area contributed by atoms with E-state index in [0.29, 0.717) is 24.5 Å². The Morgan fingerprint density at radius 3 is 3.15 bits per heavy atom. The van der Waals surface area contributed by atoms with Crippen LogP contribution in [0.25, 0.3) is 0 Å². The van der Waals surface area contributed by atoms with Gasteiger partial charge in [0.05, 0.1) is 11.7 Å². The third-order valence-corrected chi connectivity index (χ3v) is 3.74. The van der Waals surface area contributed by atoms with E-state index in [9.17, 15) is 9.90 Å². The Balaban J connectivity index is 2.20. The van der Waals surface area contributed by atoms with E-state index in [1.54, 1.807) is 17.2 Å². The van der Waals surface area contributed by atoms with E-state index >= 15 is 0 Å². The maximum atomic E-state index is 12.6. The second kappa shape index (κ2) is 7.04. The zero-order chi connectivity index (χ0) is 14.5. The van der Waals surface area contributed by atoms with Crippen molar-refractivity contribution in [2.45, 2.75) is 32.3 Å². The third kappa shape index (κ3) is 3.70. The molecule has 110 valence electrons. The van der Waals surface area contributed by atoms with Crippen molar-refractivity contribution in [3.05, 3.63) is 22.3 Å². The van der Waals surface area contributed by atoms with Gasteiger partial charge in [0.2, 0.25) is 0 Å². The summed E-state index contributed by atoms with van der Waals surface area (Å²) in [5, 5.41) is 12.9. The van der Waals surface area contributed by atoms with Crippen LogP contribution in [0.3, 0.4) is 0 Å². The normalized spacial score (nSPS) is 18.9. The lowest BCUT2D eigenvalue weighted by molar-refractivity contribution is 0.0474. The van der Waals surface area contributed by atoms with E-state index in [-0.39, 0.29) is 5.91 Å². The average molecular weight is 342 g/mol. The molecule has 2 N–H and O–H groups in total. The number of anilines is 1. The number of likely N-dealkylation sites (tertiary alicyclic amines) is 1. The van der Waals surface area contributed by atoms with Crippen molar-refractivity contribution in [2.75, 3.05) is 25.0 Å². The molecule has 5 nitrogen and oxygen atoms in total. The number of hydrogen-bond donors (Lipinski definition) is 2. The number of β-amino-alcohol motifs (C(OH)–C–C–N with tert-alkyl or cyclic N) is 1. The summed E-state index contributed by atoms with van der Waals surface area (Å²) in [5.41, 5.74) is 0.557. The zero-order valence-electron chi connectivity index (χ0n) is 11.6. The largest absolute Gasteiger partial charge is 0.391 e. The van der Waals surface area contributed by atoms with Gasteiger partial charge in [0, 0.05) is 30.3 Å². The number of carbonyl (C=O) groups excluding carboxylic acids is 1. The average Bonchev–Trinajstić information content (AvgIpc) is 2.45. The number of hydrogen-bond acceptors (Lipinski definition) is 4. The van der Waals surface area contributed by atoms with Crippen LogP contribution >= 0.6 is 15.9 Å². The molecule has 20 heavy (non-hydrogen) atoms. The third-order valence-electron chi connectivity index (χ3n) is 3.31. The maximum absolute atomic E-state index is 12.6. The van der Waals surface area contributed by atoms with Crippen molar-refractivity contribution in [3.8, 4) is 0 Å². The van der Waals surface area contributed by atoms with Crippen molar-refractivity contribution >= 4 is 27.7 Å². The lowest BCUT2D eigenvalue weighted by atomic mass is 10.1. The number of carbonyl (C=O) groups is 1. The first-order valence-electron chi connectivity index (χ1n) is 6.98. The lowest BCUT2D eigenvalue weighted by Gasteiger charge is -2.30. The van der Waals surface area contributed by atoms with Gasteiger partial charge in [0.25, 0.3) is 5.91 Å². The lowest BCUT2D eigenvalue weighted by Crippen LogP contribution is -2.42. The van der Waals surface area contributed by atoms with Crippen LogP contribution in [0, 0.1) is 0 Å². The fourth-order valence-electron chi connectivity index (χ4n) is 2.30. The molecule has 0 bridgehead atoms. The van der Waals surface area contributed by atoms with Crippen molar-refractivity contribution in [1.82, 2.24) is 9.88 Å². The number of aromatic nitrogens is 1. The quantitative estimate of drug-likeness (QED) is 0.881. The van der Waals surface area contributed by atoms with E-state index in [1.807, 2.05) is 0 Å². The molecule has 1 fully saturated rings. The number of nitrogens with zero attached hydrogens (tertiary/aromatic N) is 2. The van der Waals surface area contributed by atoms with E-state index in [0.717, 1.165) is 30.3 Å². The summed E-state index contributed by atoms with van der Waals surface area (Å²) in [6.45, 7) is 3.93. The molecule has 1 amide bonds. The highest BCUT2D eigenvalue weighted by atomic mass is 79.9. The molecule has 1 aliphatic heterocycles. The highest BCUT2D eigenvalue weighted by Gasteiger charge is 2.25. The number of aliphatic hydroxyl groups is 1. The molecule has 0 saturated carbocycles. The molecule has 6 heteroatoms. The summed E-state index contributed by atoms with van der Waals surface area (Å²) in [5.74, 6) is 0.538. The molecule has 0 radical (unpaired) electrons. The molecule has 0 spiro atoms. The number of piperidine rings is 1. The predicted molar refractivity (Wildman–Crippen MR) is 81.9 cm³/mol. The van der Waals surface area contributed by atoms with Crippen LogP contribution in [-0.2, 0) is 0 Å². The van der Waals surface area contributed by atoms with Crippen LogP contribution in [0.15, 0.2) is 16.7 Å². The molecule has 1 aromatic heterocycles. The standard InChI is InChI=1S/C14H20BrN3O2/c1-2-5-16-13-12(7-10(15)8-17-13)14(20)18-6-3-4-11(19)9-18/h7-8,11,19H,2-6,9H2,1H3,(H,16,17). The van der Waals surface area contributed by atoms with Crippen LogP contribution in [0.1, 0.15) is 36.5 Å². The van der Waals surface area contributed by atoms with Crippen molar-refractivity contribution < 1.29 is 9.90 Å². The van der Waals surface area contributed by atoms with Crippen LogP contribution in [0.5, 0.6) is 0 Å². The zero-order valence-corrected chi connectivity index (χ0v) is 13.2. The molecular weight excluding hydrogens is 322 g/mol. The van der Waals surface area contributed by atoms with Crippen molar-refractivity contribution in [3.63, 3.8) is 0 Å². The summed E-state index contributed by atoms with van der Waals surface area (Å²) in [7, 11) is 0. The fourth-order valence-corrected chi connectivity index (χ4v) is 2.63. The number of nitrogens with one attached hydrogen (secondary N) is 1. The van der Waals surface area contributed by atoms with Crippen LogP contribution in [0.4, 0.5) is 5.82 Å². The monoisotopic (exact) mass is 341 g/mol.